The lowest BCUT2D eigenvalue weighted by Crippen LogP contribution is -2.30. The van der Waals surface area contributed by atoms with E-state index >= 15 is 0 Å². The number of anilines is 1. The fourth-order valence-corrected chi connectivity index (χ4v) is 3.70. The van der Waals surface area contributed by atoms with Crippen molar-refractivity contribution in [1.29, 1.82) is 0 Å². The van der Waals surface area contributed by atoms with Gasteiger partial charge in [-0.15, -0.1) is 0 Å². The second kappa shape index (κ2) is 7.37. The summed E-state index contributed by atoms with van der Waals surface area (Å²) in [6, 6.07) is 0.337. The molecule has 22 heavy (non-hydrogen) atoms. The van der Waals surface area contributed by atoms with Gasteiger partial charge in [-0.1, -0.05) is 0 Å². The predicted molar refractivity (Wildman–Crippen MR) is 88.3 cm³/mol. The molecule has 1 aromatic heterocycles. The second-order valence-corrected chi connectivity index (χ2v) is 8.34. The van der Waals surface area contributed by atoms with Gasteiger partial charge in [0.05, 0.1) is 24.3 Å². The van der Waals surface area contributed by atoms with E-state index in [0.717, 1.165) is 37.2 Å². The zero-order valence-corrected chi connectivity index (χ0v) is 14.4. The van der Waals surface area contributed by atoms with Crippen LogP contribution in [0.4, 0.5) is 5.82 Å². The van der Waals surface area contributed by atoms with Gasteiger partial charge in [-0.2, -0.15) is 0 Å². The van der Waals surface area contributed by atoms with Gasteiger partial charge in [0.1, 0.15) is 5.82 Å². The number of rotatable bonds is 5. The minimum absolute atomic E-state index is 0.337. The maximum atomic E-state index is 11.6. The molecule has 124 valence electrons. The third-order valence-electron chi connectivity index (χ3n) is 3.92. The zero-order chi connectivity index (χ0) is 16.2. The lowest BCUT2D eigenvalue weighted by molar-refractivity contribution is 0.412. The van der Waals surface area contributed by atoms with Gasteiger partial charge in [-0.05, 0) is 45.4 Å². The van der Waals surface area contributed by atoms with Crippen LogP contribution in [0.2, 0.25) is 0 Å². The van der Waals surface area contributed by atoms with Gasteiger partial charge < -0.3 is 5.32 Å². The van der Waals surface area contributed by atoms with Crippen LogP contribution < -0.4 is 5.32 Å². The van der Waals surface area contributed by atoms with E-state index in [9.17, 15) is 8.42 Å². The highest BCUT2D eigenvalue weighted by Gasteiger charge is 2.23. The highest BCUT2D eigenvalue weighted by molar-refractivity contribution is 7.88. The molecule has 0 saturated carbocycles. The molecule has 0 bridgehead atoms. The van der Waals surface area contributed by atoms with Gasteiger partial charge in [0.2, 0.25) is 10.0 Å². The average Bonchev–Trinajstić information content (AvgIpc) is 2.65. The molecule has 1 saturated heterocycles. The Morgan fingerprint density at radius 2 is 2.05 bits per heavy atom. The summed E-state index contributed by atoms with van der Waals surface area (Å²) in [6.45, 7) is 5.38. The highest BCUT2D eigenvalue weighted by Crippen LogP contribution is 2.22. The zero-order valence-electron chi connectivity index (χ0n) is 13.6. The van der Waals surface area contributed by atoms with Crippen LogP contribution in [0.5, 0.6) is 0 Å². The third kappa shape index (κ3) is 5.21. The molecule has 1 unspecified atom stereocenters. The van der Waals surface area contributed by atoms with Crippen LogP contribution in [0.3, 0.4) is 0 Å². The van der Waals surface area contributed by atoms with Crippen molar-refractivity contribution in [3.8, 4) is 0 Å². The van der Waals surface area contributed by atoms with Crippen molar-refractivity contribution in [1.82, 2.24) is 14.3 Å². The van der Waals surface area contributed by atoms with Crippen molar-refractivity contribution in [3.05, 3.63) is 18.1 Å². The SMILES string of the molecule is CC(C)Nc1cnc(CC2CCCN(S(C)(=O)=O)CC2)cn1. The van der Waals surface area contributed by atoms with Crippen molar-refractivity contribution in [2.45, 2.75) is 45.6 Å². The fourth-order valence-electron chi connectivity index (χ4n) is 2.80. The van der Waals surface area contributed by atoms with E-state index in [1.165, 1.54) is 6.26 Å². The first-order valence-electron chi connectivity index (χ1n) is 7.87. The Kier molecular flexibility index (Phi) is 5.74. The monoisotopic (exact) mass is 326 g/mol. The van der Waals surface area contributed by atoms with Crippen molar-refractivity contribution in [3.63, 3.8) is 0 Å². The quantitative estimate of drug-likeness (QED) is 0.894. The van der Waals surface area contributed by atoms with E-state index in [0.29, 0.717) is 25.0 Å². The first-order valence-corrected chi connectivity index (χ1v) is 9.72. The molecule has 1 aliphatic rings. The molecule has 7 heteroatoms. The number of nitrogens with one attached hydrogen (secondary N) is 1. The van der Waals surface area contributed by atoms with Crippen LogP contribution in [0.1, 0.15) is 38.8 Å². The molecule has 0 radical (unpaired) electrons. The molecule has 1 aromatic rings. The van der Waals surface area contributed by atoms with E-state index in [1.807, 2.05) is 6.20 Å². The van der Waals surface area contributed by atoms with Crippen molar-refractivity contribution in [2.24, 2.45) is 5.92 Å². The number of sulfonamides is 1. The van der Waals surface area contributed by atoms with E-state index < -0.39 is 10.0 Å². The standard InChI is InChI=1S/C15H26N4O2S/c1-12(2)18-15-11-16-14(10-17-15)9-13-5-4-7-19(8-6-13)22(3,20)21/h10-13H,4-9H2,1-3H3,(H,17,18). The molecule has 1 atom stereocenters. The van der Waals surface area contributed by atoms with Gasteiger partial charge in [0.25, 0.3) is 0 Å². The third-order valence-corrected chi connectivity index (χ3v) is 5.22. The predicted octanol–water partition coefficient (Wildman–Crippen LogP) is 1.90. The number of hydrogen-bond acceptors (Lipinski definition) is 5. The average molecular weight is 326 g/mol. The Morgan fingerprint density at radius 3 is 2.64 bits per heavy atom. The largest absolute Gasteiger partial charge is 0.367 e. The molecule has 2 rings (SSSR count). The molecular weight excluding hydrogens is 300 g/mol. The van der Waals surface area contributed by atoms with Crippen LogP contribution in [0, 0.1) is 5.92 Å². The van der Waals surface area contributed by atoms with Gasteiger partial charge >= 0.3 is 0 Å². The number of aromatic nitrogens is 2. The Balaban J connectivity index is 1.91. The molecule has 0 spiro atoms. The van der Waals surface area contributed by atoms with Crippen molar-refractivity contribution < 1.29 is 8.42 Å². The van der Waals surface area contributed by atoms with Crippen LogP contribution in [-0.2, 0) is 16.4 Å². The Hall–Kier alpha value is -1.21. The van der Waals surface area contributed by atoms with E-state index in [1.54, 1.807) is 10.5 Å². The minimum atomic E-state index is -3.07. The normalized spacial score (nSPS) is 20.8. The van der Waals surface area contributed by atoms with E-state index in [4.69, 9.17) is 0 Å². The molecular formula is C15H26N4O2S. The molecule has 1 fully saturated rings. The lowest BCUT2D eigenvalue weighted by Gasteiger charge is -2.17. The minimum Gasteiger partial charge on any atom is -0.367 e. The number of nitrogens with zero attached hydrogens (tertiary/aromatic N) is 3. The van der Waals surface area contributed by atoms with Crippen molar-refractivity contribution in [2.75, 3.05) is 24.7 Å². The van der Waals surface area contributed by atoms with Crippen LogP contribution in [0.15, 0.2) is 12.4 Å². The summed E-state index contributed by atoms with van der Waals surface area (Å²) < 4.78 is 24.8. The van der Waals surface area contributed by atoms with Crippen LogP contribution in [-0.4, -0.2) is 48.1 Å². The Bertz CT molecular complexity index is 572. The molecule has 0 aromatic carbocycles. The van der Waals surface area contributed by atoms with Crippen molar-refractivity contribution >= 4 is 15.8 Å². The first kappa shape index (κ1) is 17.1. The smallest absolute Gasteiger partial charge is 0.211 e. The first-order chi connectivity index (χ1) is 10.3. The summed E-state index contributed by atoms with van der Waals surface area (Å²) in [6.07, 6.45) is 8.60. The molecule has 1 aliphatic heterocycles. The number of hydrogen-bond donors (Lipinski definition) is 1. The van der Waals surface area contributed by atoms with Crippen LogP contribution >= 0.6 is 0 Å². The Labute approximate surface area is 133 Å². The molecule has 6 nitrogen and oxygen atoms in total. The maximum absolute atomic E-state index is 11.6. The van der Waals surface area contributed by atoms with E-state index in [-0.39, 0.29) is 0 Å². The molecule has 0 amide bonds. The molecule has 2 heterocycles. The van der Waals surface area contributed by atoms with Crippen LogP contribution in [0.25, 0.3) is 0 Å². The summed E-state index contributed by atoms with van der Waals surface area (Å²) in [7, 11) is -3.07. The molecule has 0 aliphatic carbocycles. The van der Waals surface area contributed by atoms with Gasteiger partial charge in [-0.3, -0.25) is 4.98 Å². The van der Waals surface area contributed by atoms with Gasteiger partial charge in [0, 0.05) is 19.1 Å². The van der Waals surface area contributed by atoms with Gasteiger partial charge in [0.15, 0.2) is 0 Å². The summed E-state index contributed by atoms with van der Waals surface area (Å²) in [5.74, 6) is 1.27. The topological polar surface area (TPSA) is 75.2 Å². The highest BCUT2D eigenvalue weighted by atomic mass is 32.2. The summed E-state index contributed by atoms with van der Waals surface area (Å²) in [5, 5.41) is 3.22. The van der Waals surface area contributed by atoms with E-state index in [2.05, 4.69) is 29.1 Å². The summed E-state index contributed by atoms with van der Waals surface area (Å²) in [4.78, 5) is 8.85. The lowest BCUT2D eigenvalue weighted by atomic mass is 9.95. The summed E-state index contributed by atoms with van der Waals surface area (Å²) in [5.41, 5.74) is 0.979. The van der Waals surface area contributed by atoms with Gasteiger partial charge in [-0.25, -0.2) is 17.7 Å². The fraction of sp³-hybridized carbons (Fsp3) is 0.733. The maximum Gasteiger partial charge on any atom is 0.211 e. The molecule has 1 N–H and O–H groups in total. The second-order valence-electron chi connectivity index (χ2n) is 6.36. The Morgan fingerprint density at radius 1 is 1.27 bits per heavy atom. The summed E-state index contributed by atoms with van der Waals surface area (Å²) >= 11 is 0.